The van der Waals surface area contributed by atoms with Gasteiger partial charge in [-0.1, -0.05) is 45.4 Å². The lowest BCUT2D eigenvalue weighted by Crippen LogP contribution is -2.34. The van der Waals surface area contributed by atoms with Crippen LogP contribution in [0.4, 0.5) is 0 Å². The van der Waals surface area contributed by atoms with Crippen LogP contribution in [0.1, 0.15) is 84.0 Å². The molecule has 0 atom stereocenters. The lowest BCUT2D eigenvalue weighted by atomic mass is 9.72. The summed E-state index contributed by atoms with van der Waals surface area (Å²) in [6.45, 7) is 2.25. The Balaban J connectivity index is 1.54. The van der Waals surface area contributed by atoms with Gasteiger partial charge in [-0.05, 0) is 44.4 Å². The minimum atomic E-state index is 0.108. The smallest absolute Gasteiger partial charge is 0.309 e. The van der Waals surface area contributed by atoms with Gasteiger partial charge in [0.2, 0.25) is 0 Å². The van der Waals surface area contributed by atoms with Gasteiger partial charge in [0.25, 0.3) is 0 Å². The van der Waals surface area contributed by atoms with Crippen LogP contribution in [0.15, 0.2) is 0 Å². The molecule has 0 unspecified atom stereocenters. The fourth-order valence-corrected chi connectivity index (χ4v) is 3.47. The van der Waals surface area contributed by atoms with Crippen LogP contribution in [0.25, 0.3) is 0 Å². The van der Waals surface area contributed by atoms with Gasteiger partial charge in [0, 0.05) is 0 Å². The number of hydrogen-bond acceptors (Lipinski definition) is 2. The zero-order valence-corrected chi connectivity index (χ0v) is 12.5. The largest absolute Gasteiger partial charge is 0.462 e. The van der Waals surface area contributed by atoms with E-state index in [9.17, 15) is 4.79 Å². The van der Waals surface area contributed by atoms with Crippen molar-refractivity contribution in [3.63, 3.8) is 0 Å². The highest BCUT2D eigenvalue weighted by atomic mass is 16.5. The van der Waals surface area contributed by atoms with Crippen molar-refractivity contribution in [2.24, 2.45) is 11.8 Å². The van der Waals surface area contributed by atoms with Gasteiger partial charge in [0.15, 0.2) is 0 Å². The quantitative estimate of drug-likeness (QED) is 0.486. The Morgan fingerprint density at radius 1 is 1.05 bits per heavy atom. The third kappa shape index (κ3) is 4.81. The normalized spacial score (nSPS) is 27.8. The summed E-state index contributed by atoms with van der Waals surface area (Å²) >= 11 is 0. The zero-order chi connectivity index (χ0) is 13.5. The SMILES string of the molecule is CCCCCCC1CC(C(=O)OC2CCCCC2)C1. The maximum atomic E-state index is 12.0. The first kappa shape index (κ1) is 14.9. The minimum absolute atomic E-state index is 0.108. The maximum absolute atomic E-state index is 12.0. The molecule has 2 nitrogen and oxygen atoms in total. The molecule has 0 spiro atoms. The molecule has 2 heteroatoms. The van der Waals surface area contributed by atoms with Gasteiger partial charge in [0.1, 0.15) is 6.10 Å². The van der Waals surface area contributed by atoms with Crippen molar-refractivity contribution < 1.29 is 9.53 Å². The van der Waals surface area contributed by atoms with E-state index in [0.717, 1.165) is 31.6 Å². The molecule has 0 N–H and O–H groups in total. The van der Waals surface area contributed by atoms with Crippen LogP contribution < -0.4 is 0 Å². The van der Waals surface area contributed by atoms with Crippen molar-refractivity contribution in [1.82, 2.24) is 0 Å². The number of hydrogen-bond donors (Lipinski definition) is 0. The molecular formula is C17H30O2. The van der Waals surface area contributed by atoms with Crippen LogP contribution in [0, 0.1) is 11.8 Å². The summed E-state index contributed by atoms with van der Waals surface area (Å²) in [7, 11) is 0. The van der Waals surface area contributed by atoms with Gasteiger partial charge in [-0.2, -0.15) is 0 Å². The Morgan fingerprint density at radius 2 is 1.79 bits per heavy atom. The monoisotopic (exact) mass is 266 g/mol. The van der Waals surface area contributed by atoms with Crippen LogP contribution >= 0.6 is 0 Å². The van der Waals surface area contributed by atoms with Gasteiger partial charge >= 0.3 is 5.97 Å². The molecule has 2 aliphatic rings. The lowest BCUT2D eigenvalue weighted by Gasteiger charge is -2.35. The van der Waals surface area contributed by atoms with E-state index in [0.29, 0.717) is 0 Å². The highest BCUT2D eigenvalue weighted by Crippen LogP contribution is 2.38. The van der Waals surface area contributed by atoms with Crippen molar-refractivity contribution >= 4 is 5.97 Å². The Morgan fingerprint density at radius 3 is 2.47 bits per heavy atom. The first-order valence-electron chi connectivity index (χ1n) is 8.50. The second-order valence-electron chi connectivity index (χ2n) is 6.58. The second-order valence-corrected chi connectivity index (χ2v) is 6.58. The average Bonchev–Trinajstić information content (AvgIpc) is 2.37. The van der Waals surface area contributed by atoms with Crippen LogP contribution in [0.5, 0.6) is 0 Å². The summed E-state index contributed by atoms with van der Waals surface area (Å²) in [5.74, 6) is 1.15. The van der Waals surface area contributed by atoms with Crippen LogP contribution in [-0.2, 0) is 9.53 Å². The molecule has 0 radical (unpaired) electrons. The molecular weight excluding hydrogens is 236 g/mol. The van der Waals surface area contributed by atoms with E-state index in [1.54, 1.807) is 0 Å². The van der Waals surface area contributed by atoms with E-state index >= 15 is 0 Å². The summed E-state index contributed by atoms with van der Waals surface area (Å²) in [5.41, 5.74) is 0. The van der Waals surface area contributed by atoms with E-state index in [-0.39, 0.29) is 18.0 Å². The Kier molecular flexibility index (Phi) is 6.19. The summed E-state index contributed by atoms with van der Waals surface area (Å²) in [4.78, 5) is 12.0. The molecule has 0 bridgehead atoms. The first-order chi connectivity index (χ1) is 9.29. The Bertz CT molecular complexity index is 262. The lowest BCUT2D eigenvalue weighted by molar-refractivity contribution is -0.160. The average molecular weight is 266 g/mol. The molecule has 0 amide bonds. The molecule has 0 aromatic heterocycles. The number of carbonyl (C=O) groups excluding carboxylic acids is 1. The summed E-state index contributed by atoms with van der Waals surface area (Å²) in [6.07, 6.45) is 15.1. The fraction of sp³-hybridized carbons (Fsp3) is 0.941. The molecule has 2 fully saturated rings. The van der Waals surface area contributed by atoms with Crippen molar-refractivity contribution in [3.8, 4) is 0 Å². The summed E-state index contributed by atoms with van der Waals surface area (Å²) in [6, 6.07) is 0. The Labute approximate surface area is 118 Å². The minimum Gasteiger partial charge on any atom is -0.462 e. The number of esters is 1. The molecule has 0 heterocycles. The van der Waals surface area contributed by atoms with E-state index in [2.05, 4.69) is 6.92 Å². The van der Waals surface area contributed by atoms with Gasteiger partial charge in [0.05, 0.1) is 5.92 Å². The Hall–Kier alpha value is -0.530. The van der Waals surface area contributed by atoms with E-state index < -0.39 is 0 Å². The van der Waals surface area contributed by atoms with Gasteiger partial charge < -0.3 is 4.74 Å². The highest BCUT2D eigenvalue weighted by Gasteiger charge is 2.36. The summed E-state index contributed by atoms with van der Waals surface area (Å²) < 4.78 is 5.65. The molecule has 0 aromatic rings. The van der Waals surface area contributed by atoms with Crippen LogP contribution in [-0.4, -0.2) is 12.1 Å². The molecule has 110 valence electrons. The van der Waals surface area contributed by atoms with Gasteiger partial charge in [-0.25, -0.2) is 0 Å². The topological polar surface area (TPSA) is 26.3 Å². The molecule has 2 saturated carbocycles. The predicted molar refractivity (Wildman–Crippen MR) is 77.9 cm³/mol. The maximum Gasteiger partial charge on any atom is 0.309 e. The van der Waals surface area contributed by atoms with E-state index in [1.807, 2.05) is 0 Å². The van der Waals surface area contributed by atoms with Gasteiger partial charge in [-0.15, -0.1) is 0 Å². The zero-order valence-electron chi connectivity index (χ0n) is 12.5. The van der Waals surface area contributed by atoms with Gasteiger partial charge in [-0.3, -0.25) is 4.79 Å². The highest BCUT2D eigenvalue weighted by molar-refractivity contribution is 5.73. The van der Waals surface area contributed by atoms with Crippen LogP contribution in [0.3, 0.4) is 0 Å². The molecule has 2 aliphatic carbocycles. The van der Waals surface area contributed by atoms with E-state index in [4.69, 9.17) is 4.74 Å². The summed E-state index contributed by atoms with van der Waals surface area (Å²) in [5, 5.41) is 0. The van der Waals surface area contributed by atoms with Crippen LogP contribution in [0.2, 0.25) is 0 Å². The molecule has 0 aromatic carbocycles. The third-order valence-corrected chi connectivity index (χ3v) is 4.87. The van der Waals surface area contributed by atoms with Crippen molar-refractivity contribution in [1.29, 1.82) is 0 Å². The molecule has 19 heavy (non-hydrogen) atoms. The number of ether oxygens (including phenoxy) is 1. The standard InChI is InChI=1S/C17H30O2/c1-2-3-4-6-9-14-12-15(13-14)17(18)19-16-10-7-5-8-11-16/h14-16H,2-13H2,1H3. The fourth-order valence-electron chi connectivity index (χ4n) is 3.47. The number of carbonyl (C=O) groups is 1. The molecule has 0 saturated heterocycles. The van der Waals surface area contributed by atoms with Crippen molar-refractivity contribution in [3.05, 3.63) is 0 Å². The van der Waals surface area contributed by atoms with E-state index in [1.165, 1.54) is 51.4 Å². The molecule has 0 aliphatic heterocycles. The number of unbranched alkanes of at least 4 members (excludes halogenated alkanes) is 3. The van der Waals surface area contributed by atoms with Crippen molar-refractivity contribution in [2.75, 3.05) is 0 Å². The molecule has 2 rings (SSSR count). The van der Waals surface area contributed by atoms with Crippen molar-refractivity contribution in [2.45, 2.75) is 90.1 Å². The second kappa shape index (κ2) is 7.91. The first-order valence-corrected chi connectivity index (χ1v) is 8.50. The third-order valence-electron chi connectivity index (χ3n) is 4.87. The predicted octanol–water partition coefficient (Wildman–Crippen LogP) is 4.86. The number of rotatable bonds is 7.